The molecule has 0 N–H and O–H groups in total. The summed E-state index contributed by atoms with van der Waals surface area (Å²) in [5.41, 5.74) is 0.335. The molecule has 2 aromatic rings. The fourth-order valence-corrected chi connectivity index (χ4v) is 2.82. The maximum absolute atomic E-state index is 12.8. The molecule has 1 atom stereocenters. The molecule has 1 fully saturated rings. The second kappa shape index (κ2) is 6.87. The molecule has 0 bridgehead atoms. The summed E-state index contributed by atoms with van der Waals surface area (Å²) < 4.78 is 49.2. The highest BCUT2D eigenvalue weighted by Gasteiger charge is 2.31. The number of oxazole rings is 1. The topological polar surface area (TPSA) is 55.6 Å². The Morgan fingerprint density at radius 1 is 1.40 bits per heavy atom. The maximum atomic E-state index is 12.8. The molecule has 2 heterocycles. The van der Waals surface area contributed by atoms with Crippen molar-refractivity contribution in [3.8, 4) is 0 Å². The van der Waals surface area contributed by atoms with Gasteiger partial charge in [0.25, 0.3) is 5.91 Å². The van der Waals surface area contributed by atoms with E-state index >= 15 is 0 Å². The first kappa shape index (κ1) is 17.5. The number of nitrogens with zero attached hydrogens (tertiary/aromatic N) is 2. The number of amides is 1. The van der Waals surface area contributed by atoms with E-state index in [4.69, 9.17) is 9.15 Å². The first-order valence-corrected chi connectivity index (χ1v) is 7.81. The Morgan fingerprint density at radius 3 is 2.88 bits per heavy atom. The van der Waals surface area contributed by atoms with Crippen molar-refractivity contribution in [1.82, 2.24) is 9.88 Å². The van der Waals surface area contributed by atoms with Crippen LogP contribution in [-0.4, -0.2) is 41.6 Å². The molecular weight excluding hydrogens is 337 g/mol. The van der Waals surface area contributed by atoms with Crippen molar-refractivity contribution in [3.05, 3.63) is 53.2 Å². The van der Waals surface area contributed by atoms with Gasteiger partial charge in [-0.1, -0.05) is 18.2 Å². The first-order chi connectivity index (χ1) is 11.8. The number of alkyl halides is 3. The summed E-state index contributed by atoms with van der Waals surface area (Å²) in [6, 6.07) is 5.15. The van der Waals surface area contributed by atoms with Crippen LogP contribution >= 0.6 is 0 Å². The van der Waals surface area contributed by atoms with E-state index in [9.17, 15) is 18.0 Å². The second-order valence-electron chi connectivity index (χ2n) is 5.91. The van der Waals surface area contributed by atoms with Crippen LogP contribution in [0, 0.1) is 6.92 Å². The van der Waals surface area contributed by atoms with Crippen molar-refractivity contribution in [2.45, 2.75) is 25.6 Å². The van der Waals surface area contributed by atoms with E-state index in [0.29, 0.717) is 30.8 Å². The SMILES string of the molecule is Cc1ncoc1C(=O)N1CCOC(Cc2cccc(C(F)(F)F)c2)C1. The number of morpholine rings is 1. The van der Waals surface area contributed by atoms with Gasteiger partial charge in [-0.25, -0.2) is 4.98 Å². The molecule has 1 saturated heterocycles. The van der Waals surface area contributed by atoms with Gasteiger partial charge in [0.2, 0.25) is 5.76 Å². The van der Waals surface area contributed by atoms with Crippen LogP contribution in [0.15, 0.2) is 35.1 Å². The van der Waals surface area contributed by atoms with Crippen LogP contribution in [0.4, 0.5) is 13.2 Å². The van der Waals surface area contributed by atoms with E-state index in [2.05, 4.69) is 4.98 Å². The van der Waals surface area contributed by atoms with E-state index in [1.165, 1.54) is 12.5 Å². The third kappa shape index (κ3) is 4.01. The maximum Gasteiger partial charge on any atom is 0.416 e. The fourth-order valence-electron chi connectivity index (χ4n) is 2.82. The lowest BCUT2D eigenvalue weighted by Crippen LogP contribution is -2.46. The van der Waals surface area contributed by atoms with Crippen LogP contribution in [-0.2, 0) is 17.3 Å². The van der Waals surface area contributed by atoms with Crippen LogP contribution in [0.1, 0.15) is 27.4 Å². The zero-order chi connectivity index (χ0) is 18.0. The van der Waals surface area contributed by atoms with Gasteiger partial charge in [0.1, 0.15) is 0 Å². The second-order valence-corrected chi connectivity index (χ2v) is 5.91. The minimum Gasteiger partial charge on any atom is -0.438 e. The number of carbonyl (C=O) groups excluding carboxylic acids is 1. The highest BCUT2D eigenvalue weighted by atomic mass is 19.4. The van der Waals surface area contributed by atoms with E-state index in [1.54, 1.807) is 17.9 Å². The smallest absolute Gasteiger partial charge is 0.416 e. The molecule has 25 heavy (non-hydrogen) atoms. The summed E-state index contributed by atoms with van der Waals surface area (Å²) in [6.45, 7) is 2.69. The van der Waals surface area contributed by atoms with Gasteiger partial charge in [-0.05, 0) is 18.6 Å². The third-order valence-corrected chi connectivity index (χ3v) is 4.08. The molecular formula is C17H17F3N2O3. The molecule has 1 amide bonds. The van der Waals surface area contributed by atoms with Gasteiger partial charge >= 0.3 is 6.18 Å². The van der Waals surface area contributed by atoms with Gasteiger partial charge in [0.05, 0.1) is 24.0 Å². The zero-order valence-electron chi connectivity index (χ0n) is 13.5. The number of hydrogen-bond acceptors (Lipinski definition) is 4. The number of aromatic nitrogens is 1. The van der Waals surface area contributed by atoms with Gasteiger partial charge in [0.15, 0.2) is 6.39 Å². The molecule has 1 unspecified atom stereocenters. The minimum atomic E-state index is -4.38. The lowest BCUT2D eigenvalue weighted by molar-refractivity contribution is -0.137. The highest BCUT2D eigenvalue weighted by molar-refractivity contribution is 5.92. The Hall–Kier alpha value is -2.35. The van der Waals surface area contributed by atoms with E-state index < -0.39 is 11.7 Å². The molecule has 8 heteroatoms. The van der Waals surface area contributed by atoms with E-state index in [-0.39, 0.29) is 24.3 Å². The molecule has 1 aliphatic rings. The number of rotatable bonds is 3. The normalized spacial score (nSPS) is 18.4. The molecule has 0 aliphatic carbocycles. The quantitative estimate of drug-likeness (QED) is 0.850. The molecule has 0 radical (unpaired) electrons. The summed E-state index contributed by atoms with van der Waals surface area (Å²) in [5, 5.41) is 0. The highest BCUT2D eigenvalue weighted by Crippen LogP contribution is 2.30. The summed E-state index contributed by atoms with van der Waals surface area (Å²) >= 11 is 0. The van der Waals surface area contributed by atoms with Gasteiger partial charge in [0, 0.05) is 19.5 Å². The molecule has 134 valence electrons. The summed E-state index contributed by atoms with van der Waals surface area (Å²) in [6.07, 6.45) is -3.24. The monoisotopic (exact) mass is 354 g/mol. The molecule has 3 rings (SSSR count). The number of hydrogen-bond donors (Lipinski definition) is 0. The largest absolute Gasteiger partial charge is 0.438 e. The van der Waals surface area contributed by atoms with Crippen molar-refractivity contribution in [1.29, 1.82) is 0 Å². The number of carbonyl (C=O) groups is 1. The first-order valence-electron chi connectivity index (χ1n) is 7.81. The van der Waals surface area contributed by atoms with E-state index in [1.807, 2.05) is 0 Å². The predicted octanol–water partition coefficient (Wildman–Crippen LogP) is 3.09. The van der Waals surface area contributed by atoms with Gasteiger partial charge in [-0.2, -0.15) is 13.2 Å². The molecule has 1 aliphatic heterocycles. The molecule has 1 aromatic heterocycles. The summed E-state index contributed by atoms with van der Waals surface area (Å²) in [7, 11) is 0. The minimum absolute atomic E-state index is 0.180. The average molecular weight is 354 g/mol. The number of benzene rings is 1. The van der Waals surface area contributed by atoms with Crippen molar-refractivity contribution in [2.24, 2.45) is 0 Å². The standard InChI is InChI=1S/C17H17F3N2O3/c1-11-15(25-10-21-11)16(23)22-5-6-24-14(9-22)8-12-3-2-4-13(7-12)17(18,19)20/h2-4,7,10,14H,5-6,8-9H2,1H3. The van der Waals surface area contributed by atoms with Crippen molar-refractivity contribution in [2.75, 3.05) is 19.7 Å². The Morgan fingerprint density at radius 2 is 2.20 bits per heavy atom. The Kier molecular flexibility index (Phi) is 4.80. The Balaban J connectivity index is 1.68. The Labute approximate surface area is 142 Å². The zero-order valence-corrected chi connectivity index (χ0v) is 13.5. The molecule has 5 nitrogen and oxygen atoms in total. The van der Waals surface area contributed by atoms with Crippen LogP contribution in [0.25, 0.3) is 0 Å². The third-order valence-electron chi connectivity index (χ3n) is 4.08. The summed E-state index contributed by atoms with van der Waals surface area (Å²) in [4.78, 5) is 17.9. The van der Waals surface area contributed by atoms with Crippen molar-refractivity contribution >= 4 is 5.91 Å². The van der Waals surface area contributed by atoms with Crippen molar-refractivity contribution in [3.63, 3.8) is 0 Å². The van der Waals surface area contributed by atoms with Crippen LogP contribution < -0.4 is 0 Å². The lowest BCUT2D eigenvalue weighted by Gasteiger charge is -2.32. The lowest BCUT2D eigenvalue weighted by atomic mass is 10.0. The number of aryl methyl sites for hydroxylation is 1. The van der Waals surface area contributed by atoms with Crippen molar-refractivity contribution < 1.29 is 27.1 Å². The van der Waals surface area contributed by atoms with Gasteiger partial charge < -0.3 is 14.1 Å². The Bertz CT molecular complexity index is 758. The molecule has 1 aromatic carbocycles. The molecule has 0 spiro atoms. The number of halogens is 3. The van der Waals surface area contributed by atoms with Crippen LogP contribution in [0.3, 0.4) is 0 Å². The predicted molar refractivity (Wildman–Crippen MR) is 82.0 cm³/mol. The fraction of sp³-hybridized carbons (Fsp3) is 0.412. The van der Waals surface area contributed by atoms with E-state index in [0.717, 1.165) is 12.1 Å². The van der Waals surface area contributed by atoms with Crippen LogP contribution in [0.2, 0.25) is 0 Å². The van der Waals surface area contributed by atoms with Gasteiger partial charge in [-0.15, -0.1) is 0 Å². The number of ether oxygens (including phenoxy) is 1. The van der Waals surface area contributed by atoms with Crippen LogP contribution in [0.5, 0.6) is 0 Å². The van der Waals surface area contributed by atoms with Gasteiger partial charge in [-0.3, -0.25) is 4.79 Å². The summed E-state index contributed by atoms with van der Waals surface area (Å²) in [5.74, 6) is -0.105. The molecule has 0 saturated carbocycles. The average Bonchev–Trinajstić information content (AvgIpc) is 3.00.